The van der Waals surface area contributed by atoms with Gasteiger partial charge in [-0.05, 0) is 25.8 Å². The van der Waals surface area contributed by atoms with Crippen molar-refractivity contribution in [2.45, 2.75) is 39.8 Å². The molecule has 4 nitrogen and oxygen atoms in total. The van der Waals surface area contributed by atoms with Crippen molar-refractivity contribution in [2.24, 2.45) is 5.92 Å². The molecule has 0 fully saturated rings. The van der Waals surface area contributed by atoms with Gasteiger partial charge in [-0.2, -0.15) is 0 Å². The summed E-state index contributed by atoms with van der Waals surface area (Å²) in [5.74, 6) is 0.360. The van der Waals surface area contributed by atoms with E-state index in [1.165, 1.54) is 0 Å². The van der Waals surface area contributed by atoms with Gasteiger partial charge in [0.2, 0.25) is 0 Å². The first-order valence-electron chi connectivity index (χ1n) is 7.35. The molecule has 1 amide bonds. The zero-order chi connectivity index (χ0) is 15.6. The third kappa shape index (κ3) is 3.45. The monoisotopic (exact) mass is 288 g/mol. The predicted molar refractivity (Wildman–Crippen MR) is 85.4 cm³/mol. The lowest BCUT2D eigenvalue weighted by Crippen LogP contribution is -2.46. The molecule has 0 radical (unpaired) electrons. The largest absolute Gasteiger partial charge is 0.394 e. The quantitative estimate of drug-likeness (QED) is 0.889. The van der Waals surface area contributed by atoms with Crippen molar-refractivity contribution in [3.63, 3.8) is 0 Å². The molecule has 114 valence electrons. The molecule has 0 bridgehead atoms. The normalized spacial score (nSPS) is 12.1. The molecule has 0 atom stereocenters. The minimum Gasteiger partial charge on any atom is -0.394 e. The summed E-state index contributed by atoms with van der Waals surface area (Å²) < 4.78 is 2.13. The Morgan fingerprint density at radius 2 is 2.00 bits per heavy atom. The molecule has 0 aliphatic carbocycles. The van der Waals surface area contributed by atoms with Crippen LogP contribution in [0.25, 0.3) is 10.9 Å². The average Bonchev–Trinajstić information content (AvgIpc) is 2.77. The molecule has 2 rings (SSSR count). The number of hydrogen-bond donors (Lipinski definition) is 2. The lowest BCUT2D eigenvalue weighted by atomic mass is 10.1. The highest BCUT2D eigenvalue weighted by Gasteiger charge is 2.22. The minimum atomic E-state index is -0.627. The van der Waals surface area contributed by atoms with E-state index in [0.717, 1.165) is 17.4 Å². The average molecular weight is 288 g/mol. The number of carbonyl (C=O) groups excluding carboxylic acids is 1. The summed E-state index contributed by atoms with van der Waals surface area (Å²) >= 11 is 0. The van der Waals surface area contributed by atoms with Gasteiger partial charge in [-0.15, -0.1) is 0 Å². The molecule has 21 heavy (non-hydrogen) atoms. The first kappa shape index (κ1) is 15.6. The van der Waals surface area contributed by atoms with Crippen LogP contribution in [0.4, 0.5) is 0 Å². The zero-order valence-corrected chi connectivity index (χ0v) is 13.2. The molecule has 2 N–H and O–H groups in total. The van der Waals surface area contributed by atoms with Crippen molar-refractivity contribution in [1.82, 2.24) is 9.88 Å². The van der Waals surface area contributed by atoms with Gasteiger partial charge < -0.3 is 15.0 Å². The summed E-state index contributed by atoms with van der Waals surface area (Å²) in [5, 5.41) is 13.1. The Morgan fingerprint density at radius 1 is 1.33 bits per heavy atom. The highest BCUT2D eigenvalue weighted by molar-refractivity contribution is 6.07. The van der Waals surface area contributed by atoms with Crippen molar-refractivity contribution in [2.75, 3.05) is 6.61 Å². The van der Waals surface area contributed by atoms with Gasteiger partial charge in [-0.1, -0.05) is 32.0 Å². The molecular weight excluding hydrogens is 264 g/mol. The van der Waals surface area contributed by atoms with Crippen molar-refractivity contribution < 1.29 is 9.90 Å². The summed E-state index contributed by atoms with van der Waals surface area (Å²) in [6.07, 6.45) is 1.91. The third-order valence-electron chi connectivity index (χ3n) is 3.44. The van der Waals surface area contributed by atoms with E-state index < -0.39 is 5.54 Å². The predicted octanol–water partition coefficient (Wildman–Crippen LogP) is 2.80. The molecule has 0 saturated heterocycles. The Bertz CT molecular complexity index is 641. The summed E-state index contributed by atoms with van der Waals surface area (Å²) in [6.45, 7) is 8.70. The van der Waals surface area contributed by atoms with Crippen LogP contribution in [0.5, 0.6) is 0 Å². The minimum absolute atomic E-state index is 0.0939. The van der Waals surface area contributed by atoms with Gasteiger partial charge in [0, 0.05) is 23.6 Å². The number of nitrogens with one attached hydrogen (secondary N) is 1. The number of aliphatic hydroxyl groups excluding tert-OH is 1. The Hall–Kier alpha value is -1.81. The van der Waals surface area contributed by atoms with E-state index in [2.05, 4.69) is 23.7 Å². The van der Waals surface area contributed by atoms with Crippen LogP contribution in [0.1, 0.15) is 38.1 Å². The smallest absolute Gasteiger partial charge is 0.253 e. The SMILES string of the molecule is CC(C)Cn1cc(C(=O)NC(C)(C)CO)c2ccccc21. The standard InChI is InChI=1S/C17H24N2O2/c1-12(2)9-19-10-14(13-7-5-6-8-15(13)19)16(21)18-17(3,4)11-20/h5-8,10,12,20H,9,11H2,1-4H3,(H,18,21). The highest BCUT2D eigenvalue weighted by atomic mass is 16.3. The highest BCUT2D eigenvalue weighted by Crippen LogP contribution is 2.23. The lowest BCUT2D eigenvalue weighted by molar-refractivity contribution is 0.0871. The van der Waals surface area contributed by atoms with Crippen molar-refractivity contribution >= 4 is 16.8 Å². The number of para-hydroxylation sites is 1. The zero-order valence-electron chi connectivity index (χ0n) is 13.2. The van der Waals surface area contributed by atoms with Crippen LogP contribution in [0, 0.1) is 5.92 Å². The van der Waals surface area contributed by atoms with Crippen LogP contribution >= 0.6 is 0 Å². The fraction of sp³-hybridized carbons (Fsp3) is 0.471. The molecule has 1 heterocycles. The molecular formula is C17H24N2O2. The van der Waals surface area contributed by atoms with E-state index in [0.29, 0.717) is 11.5 Å². The van der Waals surface area contributed by atoms with Gasteiger partial charge in [0.25, 0.3) is 5.91 Å². The second-order valence-corrected chi connectivity index (χ2v) is 6.60. The Kier molecular flexibility index (Phi) is 4.37. The van der Waals surface area contributed by atoms with Gasteiger partial charge in [0.1, 0.15) is 0 Å². The maximum Gasteiger partial charge on any atom is 0.253 e. The molecule has 2 aromatic rings. The summed E-state index contributed by atoms with van der Waals surface area (Å²) in [5.41, 5.74) is 1.10. The van der Waals surface area contributed by atoms with Gasteiger partial charge in [-0.25, -0.2) is 0 Å². The van der Waals surface area contributed by atoms with E-state index in [4.69, 9.17) is 0 Å². The van der Waals surface area contributed by atoms with E-state index in [1.807, 2.05) is 30.5 Å². The summed E-state index contributed by atoms with van der Waals surface area (Å²) in [7, 11) is 0. The van der Waals surface area contributed by atoms with Gasteiger partial charge in [0.15, 0.2) is 0 Å². The molecule has 0 aliphatic rings. The number of aliphatic hydroxyl groups is 1. The van der Waals surface area contributed by atoms with Crippen LogP contribution < -0.4 is 5.32 Å². The van der Waals surface area contributed by atoms with Crippen LogP contribution in [0.2, 0.25) is 0 Å². The van der Waals surface area contributed by atoms with E-state index >= 15 is 0 Å². The summed E-state index contributed by atoms with van der Waals surface area (Å²) in [6, 6.07) is 7.92. The van der Waals surface area contributed by atoms with Crippen molar-refractivity contribution in [1.29, 1.82) is 0 Å². The Morgan fingerprint density at radius 3 is 2.62 bits per heavy atom. The van der Waals surface area contributed by atoms with E-state index in [9.17, 15) is 9.90 Å². The molecule has 0 spiro atoms. The first-order chi connectivity index (χ1) is 9.84. The van der Waals surface area contributed by atoms with Crippen LogP contribution in [0.3, 0.4) is 0 Å². The van der Waals surface area contributed by atoms with Gasteiger partial charge in [0.05, 0.1) is 17.7 Å². The Labute approximate surface area is 125 Å². The molecule has 0 unspecified atom stereocenters. The number of hydrogen-bond acceptors (Lipinski definition) is 2. The molecule has 4 heteroatoms. The fourth-order valence-electron chi connectivity index (χ4n) is 2.39. The van der Waals surface area contributed by atoms with Crippen molar-refractivity contribution in [3.8, 4) is 0 Å². The fourth-order valence-corrected chi connectivity index (χ4v) is 2.39. The molecule has 1 aromatic heterocycles. The van der Waals surface area contributed by atoms with Crippen LogP contribution in [0.15, 0.2) is 30.5 Å². The second-order valence-electron chi connectivity index (χ2n) is 6.60. The van der Waals surface area contributed by atoms with E-state index in [-0.39, 0.29) is 12.5 Å². The first-order valence-corrected chi connectivity index (χ1v) is 7.35. The number of amides is 1. The number of rotatable bonds is 5. The molecule has 0 saturated carbocycles. The maximum absolute atomic E-state index is 12.5. The summed E-state index contributed by atoms with van der Waals surface area (Å²) in [4.78, 5) is 12.5. The third-order valence-corrected chi connectivity index (χ3v) is 3.44. The Balaban J connectivity index is 2.42. The lowest BCUT2D eigenvalue weighted by Gasteiger charge is -2.23. The van der Waals surface area contributed by atoms with Gasteiger partial charge >= 0.3 is 0 Å². The number of benzene rings is 1. The number of fused-ring (bicyclic) bond motifs is 1. The number of nitrogens with zero attached hydrogens (tertiary/aromatic N) is 1. The van der Waals surface area contributed by atoms with Gasteiger partial charge in [-0.3, -0.25) is 4.79 Å². The molecule has 0 aliphatic heterocycles. The molecule has 1 aromatic carbocycles. The second kappa shape index (κ2) is 5.90. The topological polar surface area (TPSA) is 54.3 Å². The number of aromatic nitrogens is 1. The van der Waals surface area contributed by atoms with E-state index in [1.54, 1.807) is 13.8 Å². The number of carbonyl (C=O) groups is 1. The maximum atomic E-state index is 12.5. The van der Waals surface area contributed by atoms with Crippen LogP contribution in [-0.4, -0.2) is 27.7 Å². The van der Waals surface area contributed by atoms with Crippen LogP contribution in [-0.2, 0) is 6.54 Å². The van der Waals surface area contributed by atoms with Crippen molar-refractivity contribution in [3.05, 3.63) is 36.0 Å².